The molecule has 0 spiro atoms. The molecule has 0 heterocycles. The molecule has 0 radical (unpaired) electrons. The zero-order valence-electron chi connectivity index (χ0n) is 26.8. The standard InChI is InChI=1S/C41H38N2O5/c1-47-41(46)38(42-37-21-12-11-20-36(37)40(45)33-16-7-3-8-17-33)30-32-22-25-35(26-23-32)48-29-13-28-43(34-18-9-4-10-19-34)39(44)27-24-31-14-5-2-6-15-31/h2-12,14-27,38,42H,13,28-30H2,1H3/t38-/m0/s1. The molecule has 0 aliphatic rings. The molecule has 5 aromatic rings. The first-order valence-electron chi connectivity index (χ1n) is 15.9. The van der Waals surface area contributed by atoms with Crippen LogP contribution >= 0.6 is 0 Å². The predicted molar refractivity (Wildman–Crippen MR) is 190 cm³/mol. The lowest BCUT2D eigenvalue weighted by atomic mass is 10.00. The van der Waals surface area contributed by atoms with Crippen LogP contribution in [-0.4, -0.2) is 44.0 Å². The van der Waals surface area contributed by atoms with Crippen molar-refractivity contribution in [3.05, 3.63) is 168 Å². The Kier molecular flexibility index (Phi) is 11.9. The van der Waals surface area contributed by atoms with Crippen LogP contribution in [-0.2, 0) is 20.7 Å². The maximum absolute atomic E-state index is 13.2. The number of para-hydroxylation sites is 2. The molecule has 7 nitrogen and oxygen atoms in total. The molecule has 7 heteroatoms. The molecule has 0 saturated heterocycles. The molecular weight excluding hydrogens is 600 g/mol. The maximum atomic E-state index is 13.2. The molecule has 0 bridgehead atoms. The van der Waals surface area contributed by atoms with Gasteiger partial charge >= 0.3 is 5.97 Å². The van der Waals surface area contributed by atoms with Crippen molar-refractivity contribution >= 4 is 35.1 Å². The van der Waals surface area contributed by atoms with Crippen LogP contribution < -0.4 is 15.0 Å². The van der Waals surface area contributed by atoms with Crippen LogP contribution in [0.3, 0.4) is 0 Å². The van der Waals surface area contributed by atoms with Crippen LogP contribution in [0.2, 0.25) is 0 Å². The Balaban J connectivity index is 1.18. The number of carbonyl (C=O) groups excluding carboxylic acids is 3. The van der Waals surface area contributed by atoms with Gasteiger partial charge in [0.25, 0.3) is 5.91 Å². The molecular formula is C41H38N2O5. The maximum Gasteiger partial charge on any atom is 0.328 e. The zero-order valence-corrected chi connectivity index (χ0v) is 26.8. The summed E-state index contributed by atoms with van der Waals surface area (Å²) in [5.41, 5.74) is 4.27. The van der Waals surface area contributed by atoms with Crippen LogP contribution in [0.5, 0.6) is 5.75 Å². The molecule has 0 saturated carbocycles. The van der Waals surface area contributed by atoms with Gasteiger partial charge in [-0.1, -0.05) is 103 Å². The number of amides is 1. The number of nitrogens with one attached hydrogen (secondary N) is 1. The number of carbonyl (C=O) groups is 3. The molecule has 0 unspecified atom stereocenters. The second-order valence-electron chi connectivity index (χ2n) is 11.1. The molecule has 1 amide bonds. The largest absolute Gasteiger partial charge is 0.494 e. The Hall–Kier alpha value is -5.95. The molecule has 0 aromatic heterocycles. The van der Waals surface area contributed by atoms with E-state index >= 15 is 0 Å². The van der Waals surface area contributed by atoms with Crippen LogP contribution in [0.15, 0.2) is 146 Å². The van der Waals surface area contributed by atoms with Crippen molar-refractivity contribution in [1.82, 2.24) is 0 Å². The fourth-order valence-corrected chi connectivity index (χ4v) is 5.24. The predicted octanol–water partition coefficient (Wildman–Crippen LogP) is 7.63. The van der Waals surface area contributed by atoms with E-state index in [4.69, 9.17) is 9.47 Å². The Morgan fingerprint density at radius 3 is 2.06 bits per heavy atom. The van der Waals surface area contributed by atoms with Crippen molar-refractivity contribution in [2.24, 2.45) is 0 Å². The van der Waals surface area contributed by atoms with Gasteiger partial charge in [-0.05, 0) is 60.0 Å². The summed E-state index contributed by atoms with van der Waals surface area (Å²) >= 11 is 0. The molecule has 0 fully saturated rings. The second kappa shape index (κ2) is 17.1. The zero-order chi connectivity index (χ0) is 33.6. The van der Waals surface area contributed by atoms with Gasteiger partial charge in [0.05, 0.1) is 13.7 Å². The lowest BCUT2D eigenvalue weighted by Crippen LogP contribution is -2.33. The second-order valence-corrected chi connectivity index (χ2v) is 11.1. The van der Waals surface area contributed by atoms with E-state index < -0.39 is 12.0 Å². The van der Waals surface area contributed by atoms with Gasteiger partial charge in [-0.25, -0.2) is 4.79 Å². The summed E-state index contributed by atoms with van der Waals surface area (Å²) in [6, 6.07) is 42.3. The summed E-state index contributed by atoms with van der Waals surface area (Å²) in [5.74, 6) is 0.00839. The number of ketones is 1. The number of benzene rings is 5. The average Bonchev–Trinajstić information content (AvgIpc) is 3.15. The number of hydrogen-bond donors (Lipinski definition) is 1. The third-order valence-electron chi connectivity index (χ3n) is 7.73. The first kappa shape index (κ1) is 33.4. The number of esters is 1. The Morgan fingerprint density at radius 1 is 0.750 bits per heavy atom. The fourth-order valence-electron chi connectivity index (χ4n) is 5.24. The topological polar surface area (TPSA) is 84.9 Å². The smallest absolute Gasteiger partial charge is 0.328 e. The number of anilines is 2. The van der Waals surface area contributed by atoms with Gasteiger partial charge in [0, 0.05) is 41.5 Å². The SMILES string of the molecule is COC(=O)[C@H](Cc1ccc(OCCCN(C(=O)C=Cc2ccccc2)c2ccccc2)cc1)Nc1ccccc1C(=O)c1ccccc1. The highest BCUT2D eigenvalue weighted by atomic mass is 16.5. The molecule has 0 aliphatic heterocycles. The first-order valence-corrected chi connectivity index (χ1v) is 15.9. The summed E-state index contributed by atoms with van der Waals surface area (Å²) in [6.07, 6.45) is 4.38. The monoisotopic (exact) mass is 638 g/mol. The van der Waals surface area contributed by atoms with E-state index in [0.29, 0.717) is 48.6 Å². The lowest BCUT2D eigenvalue weighted by molar-refractivity contribution is -0.141. The molecule has 5 rings (SSSR count). The van der Waals surface area contributed by atoms with Gasteiger partial charge < -0.3 is 19.7 Å². The highest BCUT2D eigenvalue weighted by Gasteiger charge is 2.23. The first-order chi connectivity index (χ1) is 23.5. The van der Waals surface area contributed by atoms with Gasteiger partial charge in [-0.3, -0.25) is 9.59 Å². The summed E-state index contributed by atoms with van der Waals surface area (Å²) in [5, 5.41) is 3.24. The Morgan fingerprint density at radius 2 is 1.38 bits per heavy atom. The van der Waals surface area contributed by atoms with E-state index in [0.717, 1.165) is 16.8 Å². The molecule has 48 heavy (non-hydrogen) atoms. The summed E-state index contributed by atoms with van der Waals surface area (Å²) < 4.78 is 11.1. The van der Waals surface area contributed by atoms with Gasteiger partial charge in [0.1, 0.15) is 11.8 Å². The summed E-state index contributed by atoms with van der Waals surface area (Å²) in [4.78, 5) is 40.9. The Bertz CT molecular complexity index is 1810. The van der Waals surface area contributed by atoms with Crippen molar-refractivity contribution in [3.63, 3.8) is 0 Å². The van der Waals surface area contributed by atoms with Gasteiger partial charge in [-0.15, -0.1) is 0 Å². The van der Waals surface area contributed by atoms with Gasteiger partial charge in [-0.2, -0.15) is 0 Å². The fraction of sp³-hybridized carbons (Fsp3) is 0.146. The third-order valence-corrected chi connectivity index (χ3v) is 7.73. The van der Waals surface area contributed by atoms with E-state index in [1.807, 2.05) is 115 Å². The number of nitrogens with zero attached hydrogens (tertiary/aromatic N) is 1. The van der Waals surface area contributed by atoms with Crippen molar-refractivity contribution < 1.29 is 23.9 Å². The minimum atomic E-state index is -0.719. The quantitative estimate of drug-likeness (QED) is 0.0550. The van der Waals surface area contributed by atoms with Gasteiger partial charge in [0.15, 0.2) is 5.78 Å². The van der Waals surface area contributed by atoms with Crippen molar-refractivity contribution in [1.29, 1.82) is 0 Å². The van der Waals surface area contributed by atoms with Crippen molar-refractivity contribution in [2.75, 3.05) is 30.5 Å². The normalized spacial score (nSPS) is 11.4. The number of ether oxygens (including phenoxy) is 2. The highest BCUT2D eigenvalue weighted by molar-refractivity contribution is 6.12. The van der Waals surface area contributed by atoms with E-state index in [1.165, 1.54) is 7.11 Å². The van der Waals surface area contributed by atoms with Crippen LogP contribution in [0.1, 0.15) is 33.5 Å². The summed E-state index contributed by atoms with van der Waals surface area (Å²) in [6.45, 7) is 0.901. The molecule has 1 N–H and O–H groups in total. The van der Waals surface area contributed by atoms with E-state index in [9.17, 15) is 14.4 Å². The molecule has 242 valence electrons. The van der Waals surface area contributed by atoms with Crippen LogP contribution in [0.4, 0.5) is 11.4 Å². The van der Waals surface area contributed by atoms with Crippen molar-refractivity contribution in [2.45, 2.75) is 18.9 Å². The van der Waals surface area contributed by atoms with Crippen LogP contribution in [0, 0.1) is 0 Å². The van der Waals surface area contributed by atoms with Gasteiger partial charge in [0.2, 0.25) is 0 Å². The summed E-state index contributed by atoms with van der Waals surface area (Å²) in [7, 11) is 1.35. The Labute approximate surface area is 281 Å². The molecule has 5 aromatic carbocycles. The highest BCUT2D eigenvalue weighted by Crippen LogP contribution is 2.23. The number of hydrogen-bond acceptors (Lipinski definition) is 6. The average molecular weight is 639 g/mol. The third kappa shape index (κ3) is 9.30. The number of methoxy groups -OCH3 is 1. The molecule has 0 aliphatic carbocycles. The minimum Gasteiger partial charge on any atom is -0.494 e. The van der Waals surface area contributed by atoms with E-state index in [-0.39, 0.29) is 11.7 Å². The number of rotatable bonds is 15. The van der Waals surface area contributed by atoms with E-state index in [2.05, 4.69) is 5.32 Å². The van der Waals surface area contributed by atoms with Crippen LogP contribution in [0.25, 0.3) is 6.08 Å². The van der Waals surface area contributed by atoms with E-state index in [1.54, 1.807) is 41.3 Å². The lowest BCUT2D eigenvalue weighted by Gasteiger charge is -2.21. The van der Waals surface area contributed by atoms with Crippen molar-refractivity contribution in [3.8, 4) is 5.75 Å². The minimum absolute atomic E-state index is 0.102. The molecule has 1 atom stereocenters.